The lowest BCUT2D eigenvalue weighted by molar-refractivity contribution is -0.113. The minimum atomic E-state index is -0.189. The van der Waals surface area contributed by atoms with Crippen molar-refractivity contribution >= 4 is 52.5 Å². The van der Waals surface area contributed by atoms with Crippen LogP contribution in [0.15, 0.2) is 53.7 Å². The van der Waals surface area contributed by atoms with E-state index in [-0.39, 0.29) is 11.7 Å². The largest absolute Gasteiger partial charge is 0.341 e. The maximum Gasteiger partial charge on any atom is 0.234 e. The van der Waals surface area contributed by atoms with Crippen LogP contribution in [0.1, 0.15) is 19.3 Å². The summed E-state index contributed by atoms with van der Waals surface area (Å²) < 4.78 is 2.02. The van der Waals surface area contributed by atoms with Crippen molar-refractivity contribution in [3.05, 3.63) is 58.6 Å². The number of thioether (sulfide) groups is 1. The average Bonchev–Trinajstić information content (AvgIpc) is 3.21. The van der Waals surface area contributed by atoms with Crippen molar-refractivity contribution in [2.75, 3.05) is 29.1 Å². The lowest BCUT2D eigenvalue weighted by Crippen LogP contribution is -2.31. The van der Waals surface area contributed by atoms with E-state index in [4.69, 9.17) is 23.2 Å². The van der Waals surface area contributed by atoms with E-state index in [1.165, 1.54) is 18.2 Å². The predicted molar refractivity (Wildman–Crippen MR) is 123 cm³/mol. The van der Waals surface area contributed by atoms with Gasteiger partial charge in [-0.3, -0.25) is 9.36 Å². The molecule has 0 bridgehead atoms. The van der Waals surface area contributed by atoms with Crippen molar-refractivity contribution in [2.24, 2.45) is 0 Å². The molecule has 1 saturated heterocycles. The SMILES string of the molecule is O=C(CSc1nnc(N2CCCCC2)n1-c1ccccc1)Nc1cccc(Cl)c1Cl. The van der Waals surface area contributed by atoms with Crippen LogP contribution in [-0.2, 0) is 4.79 Å². The minimum Gasteiger partial charge on any atom is -0.341 e. The summed E-state index contributed by atoms with van der Waals surface area (Å²) in [5, 5.41) is 13.0. The molecule has 2 heterocycles. The Balaban J connectivity index is 1.53. The second-order valence-electron chi connectivity index (χ2n) is 6.94. The Morgan fingerprint density at radius 2 is 1.77 bits per heavy atom. The van der Waals surface area contributed by atoms with Gasteiger partial charge in [0.1, 0.15) is 0 Å². The number of piperidine rings is 1. The van der Waals surface area contributed by atoms with E-state index >= 15 is 0 Å². The molecule has 3 aromatic rings. The summed E-state index contributed by atoms with van der Waals surface area (Å²) in [6, 6.07) is 15.1. The van der Waals surface area contributed by atoms with Crippen LogP contribution in [0.3, 0.4) is 0 Å². The highest BCUT2D eigenvalue weighted by molar-refractivity contribution is 7.99. The maximum atomic E-state index is 12.5. The highest BCUT2D eigenvalue weighted by atomic mass is 35.5. The Kier molecular flexibility index (Phi) is 6.82. The number of nitrogens with zero attached hydrogens (tertiary/aromatic N) is 4. The van der Waals surface area contributed by atoms with Gasteiger partial charge in [0.25, 0.3) is 0 Å². The Morgan fingerprint density at radius 1 is 1.00 bits per heavy atom. The number of nitrogens with one attached hydrogen (secondary N) is 1. The predicted octanol–water partition coefficient (Wildman–Crippen LogP) is 5.30. The van der Waals surface area contributed by atoms with E-state index in [0.29, 0.717) is 20.9 Å². The molecule has 30 heavy (non-hydrogen) atoms. The first-order chi connectivity index (χ1) is 14.6. The fourth-order valence-electron chi connectivity index (χ4n) is 3.37. The van der Waals surface area contributed by atoms with E-state index in [1.54, 1.807) is 18.2 Å². The van der Waals surface area contributed by atoms with Crippen LogP contribution >= 0.6 is 35.0 Å². The van der Waals surface area contributed by atoms with Crippen molar-refractivity contribution in [3.8, 4) is 5.69 Å². The first-order valence-electron chi connectivity index (χ1n) is 9.76. The zero-order valence-electron chi connectivity index (χ0n) is 16.2. The number of para-hydroxylation sites is 1. The van der Waals surface area contributed by atoms with Crippen molar-refractivity contribution in [3.63, 3.8) is 0 Å². The third-order valence-electron chi connectivity index (χ3n) is 4.83. The van der Waals surface area contributed by atoms with Crippen LogP contribution in [0, 0.1) is 0 Å². The zero-order valence-corrected chi connectivity index (χ0v) is 18.6. The highest BCUT2D eigenvalue weighted by Gasteiger charge is 2.22. The van der Waals surface area contributed by atoms with Crippen molar-refractivity contribution in [1.82, 2.24) is 14.8 Å². The van der Waals surface area contributed by atoms with Gasteiger partial charge < -0.3 is 10.2 Å². The first-order valence-corrected chi connectivity index (χ1v) is 11.5. The van der Waals surface area contributed by atoms with Gasteiger partial charge in [-0.15, -0.1) is 10.2 Å². The molecule has 0 unspecified atom stereocenters. The third-order valence-corrected chi connectivity index (χ3v) is 6.58. The molecule has 4 rings (SSSR count). The molecule has 2 aromatic carbocycles. The Hall–Kier alpha value is -2.22. The number of carbonyl (C=O) groups is 1. The molecule has 1 aliphatic heterocycles. The second-order valence-corrected chi connectivity index (χ2v) is 8.67. The van der Waals surface area contributed by atoms with Crippen LogP contribution in [-0.4, -0.2) is 39.5 Å². The molecule has 1 amide bonds. The zero-order chi connectivity index (χ0) is 20.9. The number of hydrogen-bond donors (Lipinski definition) is 1. The van der Waals surface area contributed by atoms with Gasteiger partial charge >= 0.3 is 0 Å². The fraction of sp³-hybridized carbons (Fsp3) is 0.286. The molecular formula is C21H21Cl2N5OS. The monoisotopic (exact) mass is 461 g/mol. The van der Waals surface area contributed by atoms with E-state index < -0.39 is 0 Å². The van der Waals surface area contributed by atoms with Gasteiger partial charge in [0.2, 0.25) is 11.9 Å². The Morgan fingerprint density at radius 3 is 2.53 bits per heavy atom. The third kappa shape index (κ3) is 4.74. The quantitative estimate of drug-likeness (QED) is 0.504. The van der Waals surface area contributed by atoms with Gasteiger partial charge in [0.15, 0.2) is 5.16 Å². The van der Waals surface area contributed by atoms with E-state index in [0.717, 1.165) is 37.6 Å². The molecule has 0 radical (unpaired) electrons. The molecule has 9 heteroatoms. The van der Waals surface area contributed by atoms with Gasteiger partial charge in [0.05, 0.1) is 27.2 Å². The number of halogens is 2. The lowest BCUT2D eigenvalue weighted by atomic mass is 10.1. The minimum absolute atomic E-state index is 0.174. The Bertz CT molecular complexity index is 1020. The summed E-state index contributed by atoms with van der Waals surface area (Å²) in [6.07, 6.45) is 3.53. The molecule has 1 fully saturated rings. The summed E-state index contributed by atoms with van der Waals surface area (Å²) in [5.74, 6) is 0.807. The first kappa shape index (κ1) is 21.0. The molecule has 0 atom stereocenters. The number of benzene rings is 2. The van der Waals surface area contributed by atoms with Gasteiger partial charge in [-0.25, -0.2) is 0 Å². The van der Waals surface area contributed by atoms with Crippen LogP contribution in [0.25, 0.3) is 5.69 Å². The standard InChI is InChI=1S/C21H21Cl2N5OS/c22-16-10-7-11-17(19(16)23)24-18(29)14-30-21-26-25-20(27-12-5-2-6-13-27)28(21)15-8-3-1-4-9-15/h1,3-4,7-11H,2,5-6,12-14H2,(H,24,29). The van der Waals surface area contributed by atoms with Gasteiger partial charge in [-0.1, -0.05) is 59.2 Å². The smallest absolute Gasteiger partial charge is 0.234 e. The van der Waals surface area contributed by atoms with Crippen molar-refractivity contribution in [2.45, 2.75) is 24.4 Å². The lowest BCUT2D eigenvalue weighted by Gasteiger charge is -2.27. The van der Waals surface area contributed by atoms with Gasteiger partial charge in [-0.05, 0) is 43.5 Å². The molecular weight excluding hydrogens is 441 g/mol. The highest BCUT2D eigenvalue weighted by Crippen LogP contribution is 2.31. The number of hydrogen-bond acceptors (Lipinski definition) is 5. The van der Waals surface area contributed by atoms with Crippen molar-refractivity contribution in [1.29, 1.82) is 0 Å². The maximum absolute atomic E-state index is 12.5. The summed E-state index contributed by atoms with van der Waals surface area (Å²) >= 11 is 13.5. The average molecular weight is 462 g/mol. The van der Waals surface area contributed by atoms with Gasteiger partial charge in [-0.2, -0.15) is 0 Å². The van der Waals surface area contributed by atoms with E-state index in [2.05, 4.69) is 20.4 Å². The van der Waals surface area contributed by atoms with E-state index in [1.807, 2.05) is 34.9 Å². The molecule has 156 valence electrons. The molecule has 1 aromatic heterocycles. The van der Waals surface area contributed by atoms with E-state index in [9.17, 15) is 4.79 Å². The molecule has 6 nitrogen and oxygen atoms in total. The molecule has 0 saturated carbocycles. The van der Waals surface area contributed by atoms with Crippen LogP contribution in [0.5, 0.6) is 0 Å². The summed E-state index contributed by atoms with van der Waals surface area (Å²) in [4.78, 5) is 14.8. The number of rotatable bonds is 6. The van der Waals surface area contributed by atoms with Crippen LogP contribution in [0.2, 0.25) is 10.0 Å². The normalized spacial score (nSPS) is 14.0. The van der Waals surface area contributed by atoms with Crippen molar-refractivity contribution < 1.29 is 4.79 Å². The molecule has 1 N–H and O–H groups in total. The summed E-state index contributed by atoms with van der Waals surface area (Å²) in [7, 11) is 0. The van der Waals surface area contributed by atoms with Crippen LogP contribution in [0.4, 0.5) is 11.6 Å². The molecule has 0 aliphatic carbocycles. The summed E-state index contributed by atoms with van der Waals surface area (Å²) in [5.41, 5.74) is 1.47. The Labute approximate surface area is 189 Å². The topological polar surface area (TPSA) is 63.1 Å². The fourth-order valence-corrected chi connectivity index (χ4v) is 4.47. The summed E-state index contributed by atoms with van der Waals surface area (Å²) in [6.45, 7) is 1.92. The number of anilines is 2. The van der Waals surface area contributed by atoms with Crippen LogP contribution < -0.4 is 10.2 Å². The molecule has 1 aliphatic rings. The number of amides is 1. The van der Waals surface area contributed by atoms with Gasteiger partial charge in [0, 0.05) is 13.1 Å². The second kappa shape index (κ2) is 9.73. The number of aromatic nitrogens is 3. The molecule has 0 spiro atoms. The number of carbonyl (C=O) groups excluding carboxylic acids is 1.